The van der Waals surface area contributed by atoms with Crippen molar-refractivity contribution in [1.82, 2.24) is 0 Å². The SMILES string of the molecule is CC1CCCCC1(N)CCCS(C)(=O)=O. The summed E-state index contributed by atoms with van der Waals surface area (Å²) in [5.41, 5.74) is 6.23. The van der Waals surface area contributed by atoms with Gasteiger partial charge in [-0.1, -0.05) is 19.8 Å². The summed E-state index contributed by atoms with van der Waals surface area (Å²) in [6.07, 6.45) is 7.56. The molecule has 0 aromatic rings. The number of hydrogen-bond donors (Lipinski definition) is 1. The van der Waals surface area contributed by atoms with Crippen molar-refractivity contribution in [3.05, 3.63) is 0 Å². The van der Waals surface area contributed by atoms with E-state index >= 15 is 0 Å². The van der Waals surface area contributed by atoms with Crippen LogP contribution in [0.2, 0.25) is 0 Å². The van der Waals surface area contributed by atoms with Crippen LogP contribution >= 0.6 is 0 Å². The molecular weight excluding hydrogens is 210 g/mol. The highest BCUT2D eigenvalue weighted by atomic mass is 32.2. The predicted molar refractivity (Wildman–Crippen MR) is 63.5 cm³/mol. The van der Waals surface area contributed by atoms with Crippen LogP contribution in [0.3, 0.4) is 0 Å². The second-order valence-corrected chi connectivity index (χ2v) is 7.37. The van der Waals surface area contributed by atoms with Crippen LogP contribution in [0, 0.1) is 5.92 Å². The Kier molecular flexibility index (Phi) is 4.18. The molecule has 0 aromatic carbocycles. The van der Waals surface area contributed by atoms with Gasteiger partial charge in [0.2, 0.25) is 0 Å². The molecule has 2 atom stereocenters. The van der Waals surface area contributed by atoms with Gasteiger partial charge >= 0.3 is 0 Å². The van der Waals surface area contributed by atoms with Crippen molar-refractivity contribution in [2.24, 2.45) is 11.7 Å². The Balaban J connectivity index is 2.42. The number of rotatable bonds is 4. The molecule has 0 bridgehead atoms. The Labute approximate surface area is 93.3 Å². The van der Waals surface area contributed by atoms with Gasteiger partial charge in [0.25, 0.3) is 0 Å². The molecule has 0 saturated heterocycles. The molecule has 0 aromatic heterocycles. The molecule has 0 spiro atoms. The van der Waals surface area contributed by atoms with Crippen molar-refractivity contribution in [2.75, 3.05) is 12.0 Å². The van der Waals surface area contributed by atoms with Crippen molar-refractivity contribution in [3.63, 3.8) is 0 Å². The fraction of sp³-hybridized carbons (Fsp3) is 1.00. The summed E-state index contributed by atoms with van der Waals surface area (Å²) >= 11 is 0. The number of nitrogens with two attached hydrogens (primary N) is 1. The first-order chi connectivity index (χ1) is 6.83. The standard InChI is InChI=1S/C11H23NO2S/c1-10-6-3-4-7-11(10,12)8-5-9-15(2,13)14/h10H,3-9,12H2,1-2H3. The van der Waals surface area contributed by atoms with Crippen molar-refractivity contribution in [2.45, 2.75) is 51.0 Å². The predicted octanol–water partition coefficient (Wildman–Crippen LogP) is 1.72. The van der Waals surface area contributed by atoms with E-state index in [0.717, 1.165) is 12.8 Å². The fourth-order valence-corrected chi connectivity index (χ4v) is 3.14. The van der Waals surface area contributed by atoms with E-state index in [1.807, 2.05) is 0 Å². The Morgan fingerprint density at radius 1 is 1.40 bits per heavy atom. The lowest BCUT2D eigenvalue weighted by atomic mass is 9.72. The summed E-state index contributed by atoms with van der Waals surface area (Å²) in [7, 11) is -2.82. The zero-order chi connectivity index (χ0) is 11.5. The summed E-state index contributed by atoms with van der Waals surface area (Å²) in [5, 5.41) is 0. The van der Waals surface area contributed by atoms with Crippen molar-refractivity contribution >= 4 is 9.84 Å². The molecule has 1 fully saturated rings. The van der Waals surface area contributed by atoms with E-state index in [2.05, 4.69) is 6.92 Å². The van der Waals surface area contributed by atoms with Crippen LogP contribution in [0.5, 0.6) is 0 Å². The largest absolute Gasteiger partial charge is 0.325 e. The molecule has 15 heavy (non-hydrogen) atoms. The van der Waals surface area contributed by atoms with Crippen molar-refractivity contribution in [1.29, 1.82) is 0 Å². The third kappa shape index (κ3) is 4.11. The number of sulfone groups is 1. The van der Waals surface area contributed by atoms with Crippen LogP contribution in [-0.2, 0) is 9.84 Å². The summed E-state index contributed by atoms with van der Waals surface area (Å²) in [6, 6.07) is 0. The average Bonchev–Trinajstić information content (AvgIpc) is 2.08. The zero-order valence-electron chi connectivity index (χ0n) is 9.83. The highest BCUT2D eigenvalue weighted by molar-refractivity contribution is 7.90. The van der Waals surface area contributed by atoms with Gasteiger partial charge in [0, 0.05) is 17.5 Å². The topological polar surface area (TPSA) is 60.2 Å². The van der Waals surface area contributed by atoms with E-state index in [1.54, 1.807) is 0 Å². The summed E-state index contributed by atoms with van der Waals surface area (Å²) in [5.74, 6) is 0.810. The Morgan fingerprint density at radius 2 is 2.07 bits per heavy atom. The Morgan fingerprint density at radius 3 is 2.60 bits per heavy atom. The molecule has 0 heterocycles. The monoisotopic (exact) mass is 233 g/mol. The highest BCUT2D eigenvalue weighted by Gasteiger charge is 2.33. The van der Waals surface area contributed by atoms with Gasteiger partial charge in [-0.2, -0.15) is 0 Å². The van der Waals surface area contributed by atoms with Gasteiger partial charge in [-0.05, 0) is 31.6 Å². The van der Waals surface area contributed by atoms with Crippen LogP contribution in [0.25, 0.3) is 0 Å². The molecule has 2 unspecified atom stereocenters. The lowest BCUT2D eigenvalue weighted by Gasteiger charge is -2.39. The van der Waals surface area contributed by atoms with Gasteiger partial charge < -0.3 is 5.73 Å². The molecule has 0 radical (unpaired) electrons. The van der Waals surface area contributed by atoms with Gasteiger partial charge in [0.1, 0.15) is 9.84 Å². The minimum Gasteiger partial charge on any atom is -0.325 e. The van der Waals surface area contributed by atoms with Gasteiger partial charge in [-0.25, -0.2) is 8.42 Å². The minimum atomic E-state index is -2.82. The first kappa shape index (κ1) is 13.0. The minimum absolute atomic E-state index is 0.108. The van der Waals surface area contributed by atoms with Crippen LogP contribution < -0.4 is 5.73 Å². The third-order valence-electron chi connectivity index (χ3n) is 3.67. The summed E-state index contributed by atoms with van der Waals surface area (Å²) < 4.78 is 22.0. The van der Waals surface area contributed by atoms with E-state index in [-0.39, 0.29) is 11.3 Å². The van der Waals surface area contributed by atoms with E-state index in [0.29, 0.717) is 12.3 Å². The first-order valence-corrected chi connectivity index (χ1v) is 7.86. The molecule has 0 aliphatic heterocycles. The molecule has 2 N–H and O–H groups in total. The van der Waals surface area contributed by atoms with Gasteiger partial charge in [-0.15, -0.1) is 0 Å². The summed E-state index contributed by atoms with van der Waals surface area (Å²) in [6.45, 7) is 2.19. The second-order valence-electron chi connectivity index (χ2n) is 5.11. The third-order valence-corrected chi connectivity index (χ3v) is 4.70. The van der Waals surface area contributed by atoms with Gasteiger partial charge in [0.05, 0.1) is 0 Å². The molecular formula is C11H23NO2S. The molecule has 1 aliphatic rings. The highest BCUT2D eigenvalue weighted by Crippen LogP contribution is 2.34. The molecule has 1 rings (SSSR count). The lowest BCUT2D eigenvalue weighted by molar-refractivity contribution is 0.191. The van der Waals surface area contributed by atoms with Crippen LogP contribution in [0.4, 0.5) is 0 Å². The van der Waals surface area contributed by atoms with Crippen LogP contribution in [0.15, 0.2) is 0 Å². The average molecular weight is 233 g/mol. The maximum Gasteiger partial charge on any atom is 0.147 e. The molecule has 3 nitrogen and oxygen atoms in total. The van der Waals surface area contributed by atoms with Gasteiger partial charge in [0.15, 0.2) is 0 Å². The maximum absolute atomic E-state index is 11.0. The molecule has 1 aliphatic carbocycles. The normalized spacial score (nSPS) is 32.9. The quantitative estimate of drug-likeness (QED) is 0.804. The zero-order valence-corrected chi connectivity index (χ0v) is 10.6. The van der Waals surface area contributed by atoms with E-state index < -0.39 is 9.84 Å². The molecule has 1 saturated carbocycles. The smallest absolute Gasteiger partial charge is 0.147 e. The molecule has 90 valence electrons. The summed E-state index contributed by atoms with van der Waals surface area (Å²) in [4.78, 5) is 0. The van der Waals surface area contributed by atoms with E-state index in [9.17, 15) is 8.42 Å². The lowest BCUT2D eigenvalue weighted by Crippen LogP contribution is -2.48. The fourth-order valence-electron chi connectivity index (χ4n) is 2.47. The molecule has 0 amide bonds. The van der Waals surface area contributed by atoms with E-state index in [1.165, 1.54) is 25.5 Å². The Bertz CT molecular complexity index is 300. The number of hydrogen-bond acceptors (Lipinski definition) is 3. The van der Waals surface area contributed by atoms with Crippen molar-refractivity contribution < 1.29 is 8.42 Å². The molecule has 4 heteroatoms. The van der Waals surface area contributed by atoms with E-state index in [4.69, 9.17) is 5.73 Å². The second kappa shape index (κ2) is 4.83. The van der Waals surface area contributed by atoms with Gasteiger partial charge in [-0.3, -0.25) is 0 Å². The Hall–Kier alpha value is -0.0900. The van der Waals surface area contributed by atoms with Crippen molar-refractivity contribution in [3.8, 4) is 0 Å². The van der Waals surface area contributed by atoms with Crippen LogP contribution in [-0.4, -0.2) is 26.0 Å². The maximum atomic E-state index is 11.0. The van der Waals surface area contributed by atoms with Crippen LogP contribution in [0.1, 0.15) is 45.4 Å². The first-order valence-electron chi connectivity index (χ1n) is 5.80.